The van der Waals surface area contributed by atoms with Gasteiger partial charge in [0.1, 0.15) is 10.4 Å². The number of anilines is 2. The molecule has 4 N–H and O–H groups in total. The van der Waals surface area contributed by atoms with E-state index in [1.54, 1.807) is 0 Å². The van der Waals surface area contributed by atoms with Crippen LogP contribution in [0.5, 0.6) is 0 Å². The molecule has 1 saturated carbocycles. The minimum Gasteiger partial charge on any atom is -0.480 e. The van der Waals surface area contributed by atoms with Crippen molar-refractivity contribution < 1.29 is 28.3 Å². The zero-order valence-corrected chi connectivity index (χ0v) is 22.2. The second-order valence-corrected chi connectivity index (χ2v) is 10.8. The first-order valence-electron chi connectivity index (χ1n) is 12.3. The second-order valence-electron chi connectivity index (χ2n) is 9.74. The summed E-state index contributed by atoms with van der Waals surface area (Å²) in [6.45, 7) is 5.70. The van der Waals surface area contributed by atoms with Crippen molar-refractivity contribution in [3.05, 3.63) is 69.6 Å². The number of thiophene rings is 1. The van der Waals surface area contributed by atoms with Crippen LogP contribution in [0.2, 0.25) is 0 Å². The fourth-order valence-corrected chi connectivity index (χ4v) is 5.92. The average Bonchev–Trinajstić information content (AvgIpc) is 3.27. The summed E-state index contributed by atoms with van der Waals surface area (Å²) >= 11 is 0.954. The van der Waals surface area contributed by atoms with Crippen LogP contribution in [-0.2, 0) is 4.79 Å². The summed E-state index contributed by atoms with van der Waals surface area (Å²) in [5.74, 6) is -3.83. The zero-order chi connectivity index (χ0) is 27.6. The Kier molecular flexibility index (Phi) is 7.82. The third kappa shape index (κ3) is 5.70. The summed E-state index contributed by atoms with van der Waals surface area (Å²) in [4.78, 5) is 39.0. The van der Waals surface area contributed by atoms with Crippen LogP contribution in [0.1, 0.15) is 58.5 Å². The van der Waals surface area contributed by atoms with E-state index >= 15 is 0 Å². The molecule has 0 unspecified atom stereocenters. The van der Waals surface area contributed by atoms with Crippen LogP contribution in [0.4, 0.5) is 25.0 Å². The van der Waals surface area contributed by atoms with Gasteiger partial charge in [0.25, 0.3) is 5.91 Å². The van der Waals surface area contributed by atoms with Crippen LogP contribution >= 0.6 is 11.3 Å². The van der Waals surface area contributed by atoms with Crippen LogP contribution in [0.25, 0.3) is 10.4 Å². The van der Waals surface area contributed by atoms with Crippen molar-refractivity contribution >= 4 is 40.6 Å². The molecular formula is C28H29F2N3O4S. The van der Waals surface area contributed by atoms with Gasteiger partial charge in [0.05, 0.1) is 5.69 Å². The van der Waals surface area contributed by atoms with Gasteiger partial charge in [0.2, 0.25) is 0 Å². The van der Waals surface area contributed by atoms with Gasteiger partial charge in [-0.2, -0.15) is 0 Å². The van der Waals surface area contributed by atoms with Gasteiger partial charge in [0.15, 0.2) is 11.6 Å². The number of benzene rings is 2. The Labute approximate surface area is 223 Å². The van der Waals surface area contributed by atoms with Crippen molar-refractivity contribution in [2.75, 3.05) is 10.6 Å². The highest BCUT2D eigenvalue weighted by Crippen LogP contribution is 2.37. The number of rotatable bonds is 6. The normalized spacial score (nSPS) is 14.6. The molecule has 7 nitrogen and oxygen atoms in total. The van der Waals surface area contributed by atoms with E-state index in [1.807, 2.05) is 32.9 Å². The topological polar surface area (TPSA) is 108 Å². The maximum Gasteiger partial charge on any atom is 0.329 e. The molecule has 38 heavy (non-hydrogen) atoms. The minimum absolute atomic E-state index is 0.0587. The summed E-state index contributed by atoms with van der Waals surface area (Å²) in [7, 11) is 0. The summed E-state index contributed by atoms with van der Waals surface area (Å²) in [6, 6.07) is 8.12. The van der Waals surface area contributed by atoms with Gasteiger partial charge in [-0.15, -0.1) is 11.3 Å². The SMILES string of the molecule is Cc1cc(C)c(NC(=O)Nc2cc(-c3ccc(F)c(F)c3)sc2C(=O)NC2(C(=O)O)CCCCC2)c(C)c1. The Bertz CT molecular complexity index is 1390. The van der Waals surface area contributed by atoms with Gasteiger partial charge >= 0.3 is 12.0 Å². The molecule has 1 heterocycles. The number of aryl methyl sites for hydroxylation is 3. The number of carbonyl (C=O) groups is 3. The molecule has 2 aromatic carbocycles. The van der Waals surface area contributed by atoms with Gasteiger partial charge in [-0.3, -0.25) is 4.79 Å². The fourth-order valence-electron chi connectivity index (χ4n) is 4.91. The molecule has 0 spiro atoms. The molecule has 0 aliphatic heterocycles. The predicted molar refractivity (Wildman–Crippen MR) is 144 cm³/mol. The van der Waals surface area contributed by atoms with E-state index in [4.69, 9.17) is 0 Å². The molecule has 3 amide bonds. The Hall–Kier alpha value is -3.79. The first-order chi connectivity index (χ1) is 18.0. The maximum absolute atomic E-state index is 13.9. The third-order valence-corrected chi connectivity index (χ3v) is 7.96. The Morgan fingerprint density at radius 3 is 2.16 bits per heavy atom. The lowest BCUT2D eigenvalue weighted by atomic mass is 9.81. The molecule has 1 aliphatic rings. The molecule has 0 atom stereocenters. The second kappa shape index (κ2) is 10.9. The van der Waals surface area contributed by atoms with E-state index in [2.05, 4.69) is 16.0 Å². The van der Waals surface area contributed by atoms with Crippen molar-refractivity contribution in [1.82, 2.24) is 5.32 Å². The highest BCUT2D eigenvalue weighted by Gasteiger charge is 2.41. The fraction of sp³-hybridized carbons (Fsp3) is 0.321. The lowest BCUT2D eigenvalue weighted by Crippen LogP contribution is -2.55. The Morgan fingerprint density at radius 2 is 1.55 bits per heavy atom. The van der Waals surface area contributed by atoms with E-state index in [9.17, 15) is 28.3 Å². The average molecular weight is 542 g/mol. The molecular weight excluding hydrogens is 512 g/mol. The van der Waals surface area contributed by atoms with Gasteiger partial charge in [-0.05, 0) is 68.5 Å². The molecule has 1 aliphatic carbocycles. The van der Waals surface area contributed by atoms with E-state index in [1.165, 1.54) is 12.1 Å². The molecule has 1 aromatic heterocycles. The van der Waals surface area contributed by atoms with E-state index in [0.717, 1.165) is 46.6 Å². The van der Waals surface area contributed by atoms with Gasteiger partial charge in [-0.25, -0.2) is 18.4 Å². The van der Waals surface area contributed by atoms with Crippen molar-refractivity contribution in [3.8, 4) is 10.4 Å². The number of hydrogen-bond acceptors (Lipinski definition) is 4. The van der Waals surface area contributed by atoms with Crippen LogP contribution in [-0.4, -0.2) is 28.6 Å². The van der Waals surface area contributed by atoms with Gasteiger partial charge in [-0.1, -0.05) is 43.0 Å². The van der Waals surface area contributed by atoms with Crippen LogP contribution < -0.4 is 16.0 Å². The van der Waals surface area contributed by atoms with Crippen LogP contribution in [0.3, 0.4) is 0 Å². The van der Waals surface area contributed by atoms with E-state index in [-0.39, 0.29) is 10.6 Å². The van der Waals surface area contributed by atoms with Gasteiger partial charge < -0.3 is 21.1 Å². The van der Waals surface area contributed by atoms with Crippen molar-refractivity contribution in [2.45, 2.75) is 58.4 Å². The Morgan fingerprint density at radius 1 is 0.895 bits per heavy atom. The zero-order valence-electron chi connectivity index (χ0n) is 21.3. The minimum atomic E-state index is -1.41. The highest BCUT2D eigenvalue weighted by atomic mass is 32.1. The quantitative estimate of drug-likeness (QED) is 0.276. The Balaban J connectivity index is 1.67. The van der Waals surface area contributed by atoms with Crippen molar-refractivity contribution in [2.24, 2.45) is 0 Å². The van der Waals surface area contributed by atoms with Gasteiger partial charge in [0, 0.05) is 10.6 Å². The molecule has 0 bridgehead atoms. The van der Waals surface area contributed by atoms with Crippen molar-refractivity contribution in [3.63, 3.8) is 0 Å². The number of urea groups is 1. The summed E-state index contributed by atoms with van der Waals surface area (Å²) < 4.78 is 27.5. The number of nitrogens with one attached hydrogen (secondary N) is 3. The smallest absolute Gasteiger partial charge is 0.329 e. The lowest BCUT2D eigenvalue weighted by molar-refractivity contribution is -0.145. The largest absolute Gasteiger partial charge is 0.480 e. The molecule has 200 valence electrons. The van der Waals surface area contributed by atoms with Crippen LogP contribution in [0, 0.1) is 32.4 Å². The monoisotopic (exact) mass is 541 g/mol. The number of hydrogen-bond donors (Lipinski definition) is 4. The number of carbonyl (C=O) groups excluding carboxylic acids is 2. The summed E-state index contributed by atoms with van der Waals surface area (Å²) in [6.07, 6.45) is 2.81. The van der Waals surface area contributed by atoms with Crippen LogP contribution in [0.15, 0.2) is 36.4 Å². The molecule has 0 radical (unpaired) electrons. The first-order valence-corrected chi connectivity index (χ1v) is 13.1. The maximum atomic E-state index is 13.9. The number of aliphatic carboxylic acids is 1. The lowest BCUT2D eigenvalue weighted by Gasteiger charge is -2.33. The summed E-state index contributed by atoms with van der Waals surface area (Å²) in [5, 5.41) is 18.1. The number of halogens is 2. The number of carboxylic acids is 1. The molecule has 0 saturated heterocycles. The summed E-state index contributed by atoms with van der Waals surface area (Å²) in [5.41, 5.74) is 2.44. The predicted octanol–water partition coefficient (Wildman–Crippen LogP) is 6.78. The highest BCUT2D eigenvalue weighted by molar-refractivity contribution is 7.18. The number of carboxylic acid groups (broad SMARTS) is 1. The standard InChI is InChI=1S/C28H29F2N3O4S/c1-15-11-16(2)23(17(3)12-15)32-27(37)31-21-14-22(18-7-8-19(29)20(30)13-18)38-24(21)25(34)33-28(26(35)36)9-5-4-6-10-28/h7-8,11-14H,4-6,9-10H2,1-3H3,(H,33,34)(H,35,36)(H2,31,32,37). The third-order valence-electron chi connectivity index (χ3n) is 6.78. The molecule has 1 fully saturated rings. The molecule has 3 aromatic rings. The number of amides is 3. The molecule has 10 heteroatoms. The van der Waals surface area contributed by atoms with Crippen molar-refractivity contribution in [1.29, 1.82) is 0 Å². The van der Waals surface area contributed by atoms with E-state index in [0.29, 0.717) is 41.8 Å². The first kappa shape index (κ1) is 27.3. The molecule has 4 rings (SSSR count). The van der Waals surface area contributed by atoms with E-state index < -0.39 is 35.1 Å².